The predicted octanol–water partition coefficient (Wildman–Crippen LogP) is 1.71. The monoisotopic (exact) mass is 349 g/mol. The molecule has 2 rings (SSSR count). The summed E-state index contributed by atoms with van der Waals surface area (Å²) in [5.74, 6) is -2.34. The van der Waals surface area contributed by atoms with Gasteiger partial charge in [-0.1, -0.05) is 11.6 Å². The van der Waals surface area contributed by atoms with Crippen LogP contribution in [0.1, 0.15) is 0 Å². The highest BCUT2D eigenvalue weighted by Gasteiger charge is 2.21. The molecule has 2 aromatic rings. The Morgan fingerprint density at radius 1 is 1.36 bits per heavy atom. The zero-order valence-electron chi connectivity index (χ0n) is 11.2. The third kappa shape index (κ3) is 3.49. The van der Waals surface area contributed by atoms with Crippen LogP contribution < -0.4 is 5.49 Å². The van der Waals surface area contributed by atoms with E-state index in [9.17, 15) is 17.2 Å². The lowest BCUT2D eigenvalue weighted by Gasteiger charge is -2.06. The van der Waals surface area contributed by atoms with E-state index in [0.717, 1.165) is 0 Å². The number of benzene rings is 1. The van der Waals surface area contributed by atoms with Crippen molar-refractivity contribution in [3.05, 3.63) is 52.9 Å². The number of methoxy groups -OCH3 is 1. The van der Waals surface area contributed by atoms with Gasteiger partial charge in [-0.2, -0.15) is 8.42 Å². The van der Waals surface area contributed by atoms with Crippen molar-refractivity contribution < 1.29 is 21.9 Å². The Morgan fingerprint density at radius 3 is 2.77 bits per heavy atom. The summed E-state index contributed by atoms with van der Waals surface area (Å²) in [4.78, 5) is 2.97. The van der Waals surface area contributed by atoms with Gasteiger partial charge in [0.05, 0.1) is 11.3 Å². The molecule has 0 amide bonds. The number of hydrogen-bond donors (Lipinski definition) is 0. The first kappa shape index (κ1) is 16.5. The standard InChI is InChI=1S/C12H10ClF2N3O3S/c1-21-7-18-6-16-3-2-12(18)17-22(19,20)11-4-8(13)9(14)5-10(11)15/h2-6H,7H2,1H3. The zero-order chi connectivity index (χ0) is 16.3. The van der Waals surface area contributed by atoms with E-state index in [1.165, 1.54) is 30.3 Å². The molecule has 1 aromatic heterocycles. The molecule has 1 aromatic carbocycles. The fourth-order valence-corrected chi connectivity index (χ4v) is 2.89. The highest BCUT2D eigenvalue weighted by molar-refractivity contribution is 7.90. The lowest BCUT2D eigenvalue weighted by molar-refractivity contribution is 0.126. The number of rotatable bonds is 4. The minimum Gasteiger partial charge on any atom is -0.364 e. The van der Waals surface area contributed by atoms with Gasteiger partial charge in [0.2, 0.25) is 0 Å². The molecular formula is C12H10ClF2N3O3S. The van der Waals surface area contributed by atoms with Crippen LogP contribution in [0.5, 0.6) is 0 Å². The molecule has 10 heteroatoms. The van der Waals surface area contributed by atoms with Crippen molar-refractivity contribution in [2.45, 2.75) is 11.6 Å². The van der Waals surface area contributed by atoms with Gasteiger partial charge in [0.25, 0.3) is 10.0 Å². The van der Waals surface area contributed by atoms with Crippen LogP contribution in [-0.2, 0) is 21.5 Å². The zero-order valence-corrected chi connectivity index (χ0v) is 12.8. The summed E-state index contributed by atoms with van der Waals surface area (Å²) in [6.45, 7) is -0.00511. The van der Waals surface area contributed by atoms with Gasteiger partial charge in [0.1, 0.15) is 23.3 Å². The molecule has 0 saturated carbocycles. The summed E-state index contributed by atoms with van der Waals surface area (Å²) in [5, 5.41) is -0.519. The van der Waals surface area contributed by atoms with Crippen LogP contribution in [-0.4, -0.2) is 25.1 Å². The van der Waals surface area contributed by atoms with Crippen molar-refractivity contribution in [2.24, 2.45) is 4.40 Å². The largest absolute Gasteiger partial charge is 0.364 e. The summed E-state index contributed by atoms with van der Waals surface area (Å²) in [6, 6.07) is 2.37. The van der Waals surface area contributed by atoms with E-state index in [0.29, 0.717) is 12.1 Å². The highest BCUT2D eigenvalue weighted by atomic mass is 35.5. The summed E-state index contributed by atoms with van der Waals surface area (Å²) in [7, 11) is -3.03. The molecule has 0 spiro atoms. The molecule has 118 valence electrons. The van der Waals surface area contributed by atoms with Gasteiger partial charge in [0.15, 0.2) is 5.49 Å². The molecule has 6 nitrogen and oxygen atoms in total. The quantitative estimate of drug-likeness (QED) is 0.788. The van der Waals surface area contributed by atoms with Gasteiger partial charge in [-0.15, -0.1) is 4.40 Å². The molecule has 0 fully saturated rings. The molecule has 1 heterocycles. The van der Waals surface area contributed by atoms with Crippen LogP contribution in [0.4, 0.5) is 8.78 Å². The van der Waals surface area contributed by atoms with Gasteiger partial charge in [-0.3, -0.25) is 4.57 Å². The molecule has 0 aliphatic heterocycles. The van der Waals surface area contributed by atoms with Gasteiger partial charge in [0, 0.05) is 25.4 Å². The van der Waals surface area contributed by atoms with Crippen molar-refractivity contribution in [2.75, 3.05) is 7.11 Å². The van der Waals surface area contributed by atoms with Crippen LogP contribution in [0.25, 0.3) is 0 Å². The van der Waals surface area contributed by atoms with Crippen LogP contribution >= 0.6 is 11.6 Å². The minimum atomic E-state index is -4.43. The first-order valence-corrected chi connectivity index (χ1v) is 7.62. The van der Waals surface area contributed by atoms with Crippen molar-refractivity contribution >= 4 is 21.6 Å². The third-order valence-corrected chi connectivity index (χ3v) is 4.13. The maximum atomic E-state index is 13.7. The Bertz CT molecular complexity index is 868. The maximum absolute atomic E-state index is 13.7. The lowest BCUT2D eigenvalue weighted by Crippen LogP contribution is -2.23. The molecule has 0 bridgehead atoms. The van der Waals surface area contributed by atoms with Crippen molar-refractivity contribution in [3.63, 3.8) is 0 Å². The Hall–Kier alpha value is -1.84. The van der Waals surface area contributed by atoms with E-state index in [1.54, 1.807) is 0 Å². The summed E-state index contributed by atoms with van der Waals surface area (Å²) < 4.78 is 60.8. The Balaban J connectivity index is 2.62. The Morgan fingerprint density at radius 2 is 2.09 bits per heavy atom. The number of hydrogen-bond acceptors (Lipinski definition) is 4. The van der Waals surface area contributed by atoms with Crippen LogP contribution in [0.3, 0.4) is 0 Å². The smallest absolute Gasteiger partial charge is 0.287 e. The molecule has 0 N–H and O–H groups in total. The number of sulfonamides is 1. The molecule has 0 saturated heterocycles. The number of nitrogens with zero attached hydrogens (tertiary/aromatic N) is 3. The molecular weight excluding hydrogens is 340 g/mol. The van der Waals surface area contributed by atoms with E-state index >= 15 is 0 Å². The number of halogens is 3. The van der Waals surface area contributed by atoms with Crippen LogP contribution in [0.2, 0.25) is 5.02 Å². The fourth-order valence-electron chi connectivity index (χ4n) is 1.58. The normalized spacial score (nSPS) is 12.6. The maximum Gasteiger partial charge on any atom is 0.287 e. The van der Waals surface area contributed by atoms with Crippen molar-refractivity contribution in [3.8, 4) is 0 Å². The average Bonchev–Trinajstić information content (AvgIpc) is 2.45. The van der Waals surface area contributed by atoms with E-state index in [1.807, 2.05) is 0 Å². The highest BCUT2D eigenvalue weighted by Crippen LogP contribution is 2.24. The van der Waals surface area contributed by atoms with E-state index < -0.39 is 31.6 Å². The second-order valence-electron chi connectivity index (χ2n) is 4.09. The van der Waals surface area contributed by atoms with E-state index in [2.05, 4.69) is 9.38 Å². The minimum absolute atomic E-state index is 0.00511. The SMILES string of the molecule is COCn1cnccc1=NS(=O)(=O)c1cc(Cl)c(F)cc1F. The predicted molar refractivity (Wildman–Crippen MR) is 73.4 cm³/mol. The van der Waals surface area contributed by atoms with Gasteiger partial charge < -0.3 is 4.74 Å². The first-order valence-electron chi connectivity index (χ1n) is 5.80. The first-order chi connectivity index (χ1) is 10.3. The second kappa shape index (κ2) is 6.51. The van der Waals surface area contributed by atoms with E-state index in [-0.39, 0.29) is 12.2 Å². The average molecular weight is 350 g/mol. The van der Waals surface area contributed by atoms with Crippen LogP contribution in [0, 0.1) is 11.6 Å². The Labute approximate surface area is 129 Å². The molecule has 22 heavy (non-hydrogen) atoms. The molecule has 0 aliphatic carbocycles. The van der Waals surface area contributed by atoms with Crippen molar-refractivity contribution in [1.29, 1.82) is 0 Å². The molecule has 0 unspecified atom stereocenters. The number of aromatic nitrogens is 2. The van der Waals surface area contributed by atoms with Gasteiger partial charge in [-0.05, 0) is 6.07 Å². The summed E-state index contributed by atoms with van der Waals surface area (Å²) >= 11 is 5.49. The lowest BCUT2D eigenvalue weighted by atomic mass is 10.3. The van der Waals surface area contributed by atoms with Crippen LogP contribution in [0.15, 0.2) is 40.0 Å². The third-order valence-electron chi connectivity index (χ3n) is 2.54. The van der Waals surface area contributed by atoms with E-state index in [4.69, 9.17) is 16.3 Å². The van der Waals surface area contributed by atoms with Crippen molar-refractivity contribution in [1.82, 2.24) is 9.55 Å². The van der Waals surface area contributed by atoms with Gasteiger partial charge >= 0.3 is 0 Å². The summed E-state index contributed by atoms with van der Waals surface area (Å²) in [5.41, 5.74) is -0.0308. The second-order valence-corrected chi connectivity index (χ2v) is 6.07. The Kier molecular flexibility index (Phi) is 4.89. The topological polar surface area (TPSA) is 73.5 Å². The summed E-state index contributed by atoms with van der Waals surface area (Å²) in [6.07, 6.45) is 2.61. The fraction of sp³-hybridized carbons (Fsp3) is 0.167. The molecule has 0 atom stereocenters. The molecule has 0 radical (unpaired) electrons. The number of ether oxygens (including phenoxy) is 1. The molecule has 0 aliphatic rings. The van der Waals surface area contributed by atoms with Gasteiger partial charge in [-0.25, -0.2) is 13.8 Å².